The number of ether oxygens (including phenoxy) is 1. The molecule has 0 radical (unpaired) electrons. The average molecular weight is 424 g/mol. The largest absolute Gasteiger partial charge is 0.481 e. The molecule has 0 bridgehead atoms. The van der Waals surface area contributed by atoms with Gasteiger partial charge in [-0.1, -0.05) is 52.3 Å². The first-order valence-corrected chi connectivity index (χ1v) is 8.86. The van der Waals surface area contributed by atoms with E-state index in [0.29, 0.717) is 10.9 Å². The van der Waals surface area contributed by atoms with Crippen LogP contribution in [0.3, 0.4) is 0 Å². The molecule has 0 aliphatic rings. The summed E-state index contributed by atoms with van der Waals surface area (Å²) in [6, 6.07) is 13.0. The molecule has 1 amide bonds. The van der Waals surface area contributed by atoms with E-state index in [1.807, 2.05) is 30.3 Å². The lowest BCUT2D eigenvalue weighted by Crippen LogP contribution is -2.37. The van der Waals surface area contributed by atoms with E-state index in [4.69, 9.17) is 9.84 Å². The molecule has 2 rings (SSSR count). The normalized spacial score (nSPS) is 11.6. The summed E-state index contributed by atoms with van der Waals surface area (Å²) in [5, 5.41) is 11.6. The van der Waals surface area contributed by atoms with Crippen molar-refractivity contribution in [3.05, 3.63) is 69.9 Å². The zero-order valence-corrected chi connectivity index (χ0v) is 15.5. The number of carboxylic acid groups (broad SMARTS) is 1. The molecule has 0 aromatic heterocycles. The van der Waals surface area contributed by atoms with Crippen LogP contribution in [0, 0.1) is 5.82 Å². The van der Waals surface area contributed by atoms with E-state index in [9.17, 15) is 14.0 Å². The summed E-state index contributed by atoms with van der Waals surface area (Å²) in [6.07, 6.45) is -0.126. The lowest BCUT2D eigenvalue weighted by atomic mass is 10.0. The van der Waals surface area contributed by atoms with E-state index in [-0.39, 0.29) is 25.3 Å². The second-order valence-corrected chi connectivity index (χ2v) is 6.63. The zero-order valence-electron chi connectivity index (χ0n) is 14.0. The number of carbonyl (C=O) groups excluding carboxylic acids is 1. The third-order valence-electron chi connectivity index (χ3n) is 3.72. The molecule has 0 fully saturated rings. The van der Waals surface area contributed by atoms with Crippen LogP contribution in [0.2, 0.25) is 0 Å². The topological polar surface area (TPSA) is 75.6 Å². The zero-order chi connectivity index (χ0) is 18.9. The third kappa shape index (κ3) is 6.84. The van der Waals surface area contributed by atoms with E-state index >= 15 is 0 Å². The molecule has 26 heavy (non-hydrogen) atoms. The summed E-state index contributed by atoms with van der Waals surface area (Å²) in [4.78, 5) is 22.9. The number of alkyl carbamates (subject to hydrolysis) is 1. The van der Waals surface area contributed by atoms with Crippen molar-refractivity contribution in [3.8, 4) is 0 Å². The monoisotopic (exact) mass is 423 g/mol. The lowest BCUT2D eigenvalue weighted by Gasteiger charge is -2.19. The Hall–Kier alpha value is -2.41. The van der Waals surface area contributed by atoms with Gasteiger partial charge in [0.1, 0.15) is 12.4 Å². The highest BCUT2D eigenvalue weighted by molar-refractivity contribution is 9.10. The highest BCUT2D eigenvalue weighted by atomic mass is 79.9. The van der Waals surface area contributed by atoms with Gasteiger partial charge in [0.05, 0.1) is 0 Å². The van der Waals surface area contributed by atoms with Crippen LogP contribution in [-0.2, 0) is 22.6 Å². The molecule has 138 valence electrons. The number of aliphatic carboxylic acids is 1. The van der Waals surface area contributed by atoms with Gasteiger partial charge in [-0.05, 0) is 36.1 Å². The fraction of sp³-hybridized carbons (Fsp3) is 0.263. The van der Waals surface area contributed by atoms with E-state index in [1.165, 1.54) is 12.1 Å². The van der Waals surface area contributed by atoms with Crippen LogP contribution in [0.15, 0.2) is 53.0 Å². The Morgan fingerprint density at radius 1 is 1.19 bits per heavy atom. The van der Waals surface area contributed by atoms with Gasteiger partial charge in [-0.3, -0.25) is 4.79 Å². The van der Waals surface area contributed by atoms with Crippen molar-refractivity contribution in [1.82, 2.24) is 5.32 Å². The number of benzene rings is 2. The van der Waals surface area contributed by atoms with Gasteiger partial charge in [-0.2, -0.15) is 0 Å². The van der Waals surface area contributed by atoms with Gasteiger partial charge in [-0.25, -0.2) is 9.18 Å². The van der Waals surface area contributed by atoms with Crippen molar-refractivity contribution in [2.24, 2.45) is 0 Å². The maximum Gasteiger partial charge on any atom is 0.407 e. The number of halogens is 2. The van der Waals surface area contributed by atoms with Crippen LogP contribution in [0.1, 0.15) is 24.0 Å². The quantitative estimate of drug-likeness (QED) is 0.663. The number of rotatable bonds is 8. The maximum absolute atomic E-state index is 13.2. The summed E-state index contributed by atoms with van der Waals surface area (Å²) in [6.45, 7) is 0.124. The first-order chi connectivity index (χ1) is 12.4. The molecular formula is C19H19BrFNO4. The van der Waals surface area contributed by atoms with E-state index in [0.717, 1.165) is 11.1 Å². The van der Waals surface area contributed by atoms with Crippen LogP contribution < -0.4 is 5.32 Å². The summed E-state index contributed by atoms with van der Waals surface area (Å²) in [5.74, 6) is -1.33. The third-order valence-corrected chi connectivity index (χ3v) is 4.46. The van der Waals surface area contributed by atoms with Crippen LogP contribution >= 0.6 is 15.9 Å². The second kappa shape index (κ2) is 9.91. The minimum atomic E-state index is -0.951. The highest BCUT2D eigenvalue weighted by Crippen LogP contribution is 2.20. The number of hydrogen-bond acceptors (Lipinski definition) is 3. The van der Waals surface area contributed by atoms with Crippen molar-refractivity contribution in [2.45, 2.75) is 31.9 Å². The minimum Gasteiger partial charge on any atom is -0.481 e. The molecule has 0 saturated carbocycles. The molecule has 2 aromatic rings. The van der Waals surface area contributed by atoms with E-state index in [2.05, 4.69) is 21.2 Å². The summed E-state index contributed by atoms with van der Waals surface area (Å²) in [7, 11) is 0. The SMILES string of the molecule is O=C(O)CCC(Cc1ccc(F)cc1Br)NC(=O)OCc1ccccc1. The summed E-state index contributed by atoms with van der Waals surface area (Å²) in [5.41, 5.74) is 1.62. The fourth-order valence-corrected chi connectivity index (χ4v) is 2.92. The molecule has 0 aliphatic heterocycles. The van der Waals surface area contributed by atoms with Gasteiger partial charge < -0.3 is 15.2 Å². The summed E-state index contributed by atoms with van der Waals surface area (Å²) < 4.78 is 19.0. The van der Waals surface area contributed by atoms with Gasteiger partial charge >= 0.3 is 12.1 Å². The Bertz CT molecular complexity index is 754. The molecule has 2 N–H and O–H groups in total. The van der Waals surface area contributed by atoms with Gasteiger partial charge in [-0.15, -0.1) is 0 Å². The Morgan fingerprint density at radius 2 is 1.92 bits per heavy atom. The van der Waals surface area contributed by atoms with Crippen LogP contribution in [-0.4, -0.2) is 23.2 Å². The van der Waals surface area contributed by atoms with Gasteiger partial charge in [0.15, 0.2) is 0 Å². The number of carbonyl (C=O) groups is 2. The molecule has 0 heterocycles. The Balaban J connectivity index is 1.96. The fourth-order valence-electron chi connectivity index (χ4n) is 2.41. The van der Waals surface area contributed by atoms with Crippen molar-refractivity contribution in [2.75, 3.05) is 0 Å². The molecule has 0 saturated heterocycles. The highest BCUT2D eigenvalue weighted by Gasteiger charge is 2.17. The van der Waals surface area contributed by atoms with Crippen molar-refractivity contribution in [3.63, 3.8) is 0 Å². The summed E-state index contributed by atoms with van der Waals surface area (Å²) >= 11 is 3.28. The van der Waals surface area contributed by atoms with Crippen LogP contribution in [0.25, 0.3) is 0 Å². The lowest BCUT2D eigenvalue weighted by molar-refractivity contribution is -0.137. The second-order valence-electron chi connectivity index (χ2n) is 5.78. The Labute approximate surface area is 159 Å². The number of nitrogens with one attached hydrogen (secondary N) is 1. The Morgan fingerprint density at radius 3 is 2.58 bits per heavy atom. The molecule has 1 atom stereocenters. The van der Waals surface area contributed by atoms with Gasteiger partial charge in [0.25, 0.3) is 0 Å². The first-order valence-electron chi connectivity index (χ1n) is 8.07. The number of amides is 1. The first kappa shape index (κ1) is 19.9. The number of carboxylic acids is 1. The molecule has 7 heteroatoms. The molecule has 5 nitrogen and oxygen atoms in total. The molecule has 0 aliphatic carbocycles. The van der Waals surface area contributed by atoms with Crippen molar-refractivity contribution >= 4 is 28.0 Å². The smallest absolute Gasteiger partial charge is 0.407 e. The standard InChI is InChI=1S/C19H19BrFNO4/c20-17-11-15(21)7-6-14(17)10-16(8-9-18(23)24)22-19(25)26-12-13-4-2-1-3-5-13/h1-7,11,16H,8-10,12H2,(H,22,25)(H,23,24). The van der Waals surface area contributed by atoms with Crippen LogP contribution in [0.4, 0.5) is 9.18 Å². The minimum absolute atomic E-state index is 0.0948. The predicted octanol–water partition coefficient (Wildman–Crippen LogP) is 4.29. The maximum atomic E-state index is 13.2. The molecule has 1 unspecified atom stereocenters. The number of hydrogen-bond donors (Lipinski definition) is 2. The van der Waals surface area contributed by atoms with E-state index in [1.54, 1.807) is 6.07 Å². The van der Waals surface area contributed by atoms with Gasteiger partial charge in [0, 0.05) is 16.9 Å². The van der Waals surface area contributed by atoms with E-state index < -0.39 is 18.1 Å². The van der Waals surface area contributed by atoms with Crippen molar-refractivity contribution < 1.29 is 23.8 Å². The predicted molar refractivity (Wildman–Crippen MR) is 98.2 cm³/mol. The molecule has 2 aromatic carbocycles. The average Bonchev–Trinajstić information content (AvgIpc) is 2.61. The molecule has 0 spiro atoms. The Kier molecular flexibility index (Phi) is 7.59. The molecular weight excluding hydrogens is 405 g/mol. The van der Waals surface area contributed by atoms with Crippen LogP contribution in [0.5, 0.6) is 0 Å². The van der Waals surface area contributed by atoms with Gasteiger partial charge in [0.2, 0.25) is 0 Å². The van der Waals surface area contributed by atoms with Crippen molar-refractivity contribution in [1.29, 1.82) is 0 Å².